The number of aromatic nitrogens is 3. The molecule has 11 heteroatoms. The Balaban J connectivity index is 1.61. The molecule has 2 fully saturated rings. The molecule has 2 aromatic rings. The number of sulfonamides is 1. The molecular weight excluding hydrogens is 456 g/mol. The molecule has 0 amide bonds. The molecule has 34 heavy (non-hydrogen) atoms. The monoisotopic (exact) mass is 486 g/mol. The number of pyridine rings is 1. The van der Waals surface area contributed by atoms with E-state index in [2.05, 4.69) is 15.3 Å². The van der Waals surface area contributed by atoms with Gasteiger partial charge in [-0.1, -0.05) is 5.57 Å². The Morgan fingerprint density at radius 2 is 2.03 bits per heavy atom. The smallest absolute Gasteiger partial charge is 0.270 e. The topological polar surface area (TPSA) is 141 Å². The normalized spacial score (nSPS) is 24.1. The van der Waals surface area contributed by atoms with Crippen molar-refractivity contribution in [1.82, 2.24) is 18.8 Å². The molecule has 2 atom stereocenters. The van der Waals surface area contributed by atoms with Crippen molar-refractivity contribution in [3.63, 3.8) is 0 Å². The van der Waals surface area contributed by atoms with Crippen molar-refractivity contribution in [2.45, 2.75) is 70.6 Å². The van der Waals surface area contributed by atoms with E-state index < -0.39 is 27.2 Å². The first kappa shape index (κ1) is 24.3. The maximum Gasteiger partial charge on any atom is 0.270 e. The van der Waals surface area contributed by atoms with Gasteiger partial charge in [-0.15, -0.1) is 0 Å². The van der Waals surface area contributed by atoms with E-state index >= 15 is 0 Å². The second-order valence-electron chi connectivity index (χ2n) is 9.64. The van der Waals surface area contributed by atoms with Gasteiger partial charge in [0, 0.05) is 36.1 Å². The van der Waals surface area contributed by atoms with Gasteiger partial charge >= 0.3 is 0 Å². The zero-order valence-electron chi connectivity index (χ0n) is 19.7. The average Bonchev–Trinajstić information content (AvgIpc) is 3.11. The summed E-state index contributed by atoms with van der Waals surface area (Å²) in [5.74, 6) is 0.327. The van der Waals surface area contributed by atoms with Crippen LogP contribution < -0.4 is 10.9 Å². The summed E-state index contributed by atoms with van der Waals surface area (Å²) in [5.41, 5.74) is -0.449. The van der Waals surface area contributed by atoms with Crippen molar-refractivity contribution in [2.75, 3.05) is 18.4 Å². The summed E-state index contributed by atoms with van der Waals surface area (Å²) in [4.78, 5) is 22.0. The molecular formula is C23H30N6O4S. The quantitative estimate of drug-likeness (QED) is 0.656. The molecule has 4 rings (SSSR count). The molecule has 3 heterocycles. The Bertz CT molecular complexity index is 1330. The molecule has 182 valence electrons. The van der Waals surface area contributed by atoms with Gasteiger partial charge in [-0.3, -0.25) is 9.36 Å². The Morgan fingerprint density at radius 1 is 1.32 bits per heavy atom. The van der Waals surface area contributed by atoms with Gasteiger partial charge in [0.05, 0.1) is 11.6 Å². The van der Waals surface area contributed by atoms with Crippen LogP contribution >= 0.6 is 0 Å². The van der Waals surface area contributed by atoms with Gasteiger partial charge in [0.25, 0.3) is 5.56 Å². The van der Waals surface area contributed by atoms with Crippen LogP contribution in [0.5, 0.6) is 0 Å². The van der Waals surface area contributed by atoms with Crippen LogP contribution in [0.4, 0.5) is 5.95 Å². The number of piperidine rings is 1. The van der Waals surface area contributed by atoms with Crippen LogP contribution in [0.15, 0.2) is 28.0 Å². The molecule has 1 aliphatic carbocycles. The Morgan fingerprint density at radius 3 is 2.62 bits per heavy atom. The summed E-state index contributed by atoms with van der Waals surface area (Å²) in [5, 5.41) is 25.4. The summed E-state index contributed by atoms with van der Waals surface area (Å²) >= 11 is 0. The van der Waals surface area contributed by atoms with Crippen molar-refractivity contribution < 1.29 is 13.5 Å². The van der Waals surface area contributed by atoms with Gasteiger partial charge in [0.15, 0.2) is 0 Å². The fourth-order valence-electron chi connectivity index (χ4n) is 4.91. The lowest BCUT2D eigenvalue weighted by Gasteiger charge is -2.31. The minimum Gasteiger partial charge on any atom is -0.388 e. The third kappa shape index (κ3) is 4.71. The Kier molecular flexibility index (Phi) is 6.50. The Labute approximate surface area is 199 Å². The molecule has 2 aromatic heterocycles. The first-order chi connectivity index (χ1) is 16.0. The predicted octanol–water partition coefficient (Wildman–Crippen LogP) is 2.27. The zero-order valence-corrected chi connectivity index (χ0v) is 20.5. The number of fused-ring (bicyclic) bond motifs is 1. The fourth-order valence-corrected chi connectivity index (χ4v) is 6.37. The Hall–Kier alpha value is -2.81. The lowest BCUT2D eigenvalue weighted by Crippen LogP contribution is -2.42. The van der Waals surface area contributed by atoms with Crippen LogP contribution in [-0.4, -0.2) is 57.1 Å². The number of nitrogens with one attached hydrogen (secondary N) is 1. The summed E-state index contributed by atoms with van der Waals surface area (Å²) in [7, 11) is -3.42. The highest BCUT2D eigenvalue weighted by molar-refractivity contribution is 7.92. The number of hydrogen-bond acceptors (Lipinski definition) is 8. The van der Waals surface area contributed by atoms with Crippen molar-refractivity contribution in [3.8, 4) is 6.07 Å². The number of hydrogen-bond donors (Lipinski definition) is 2. The second-order valence-corrected chi connectivity index (χ2v) is 11.4. The second kappa shape index (κ2) is 9.09. The summed E-state index contributed by atoms with van der Waals surface area (Å²) < 4.78 is 27.8. The lowest BCUT2D eigenvalue weighted by molar-refractivity contribution is 0.0266. The lowest BCUT2D eigenvalue weighted by atomic mass is 9.99. The van der Waals surface area contributed by atoms with Gasteiger partial charge in [-0.25, -0.2) is 13.4 Å². The van der Waals surface area contributed by atoms with E-state index in [1.165, 1.54) is 20.3 Å². The summed E-state index contributed by atoms with van der Waals surface area (Å²) in [6.45, 7) is 6.00. The molecule has 10 nitrogen and oxygen atoms in total. The van der Waals surface area contributed by atoms with Crippen molar-refractivity contribution in [3.05, 3.63) is 39.2 Å². The van der Waals surface area contributed by atoms with Crippen molar-refractivity contribution in [1.29, 1.82) is 5.26 Å². The number of anilines is 1. The number of aliphatic hydroxyl groups is 1. The minimum atomic E-state index is -3.42. The maximum absolute atomic E-state index is 13.1. The number of allylic oxidation sites excluding steroid dienone is 1. The molecule has 1 saturated heterocycles. The van der Waals surface area contributed by atoms with Crippen molar-refractivity contribution >= 4 is 27.0 Å². The van der Waals surface area contributed by atoms with E-state index in [0.717, 1.165) is 12.0 Å². The third-order valence-corrected chi connectivity index (χ3v) is 8.47. The van der Waals surface area contributed by atoms with E-state index in [1.54, 1.807) is 27.0 Å². The summed E-state index contributed by atoms with van der Waals surface area (Å²) in [6.07, 6.45) is 4.70. The van der Waals surface area contributed by atoms with E-state index in [4.69, 9.17) is 0 Å². The van der Waals surface area contributed by atoms with Crippen LogP contribution in [0.25, 0.3) is 11.0 Å². The molecule has 2 aliphatic rings. The molecule has 2 N–H and O–H groups in total. The molecule has 0 unspecified atom stereocenters. The average molecular weight is 487 g/mol. The van der Waals surface area contributed by atoms with Crippen LogP contribution in [0.2, 0.25) is 0 Å². The highest BCUT2D eigenvalue weighted by Crippen LogP contribution is 2.39. The molecule has 1 aliphatic heterocycles. The first-order valence-corrected chi connectivity index (χ1v) is 13.0. The standard InChI is InChI=1S/C23H30N6O4S/c1-15(2)14-34(32,33)28-9-6-18(7-10-28)26-22-25-13-17-11-16(12-24)21(30)29(20(17)27-22)19-5-4-8-23(19,3)31/h11,13-14,18-19,31H,4-10H2,1-3H3,(H,25,26,27)/t19-,23-/m1/s1. The minimum absolute atomic E-state index is 0.00976. The molecule has 0 bridgehead atoms. The van der Waals surface area contributed by atoms with Gasteiger partial charge in [0.2, 0.25) is 16.0 Å². The first-order valence-electron chi connectivity index (χ1n) is 11.5. The van der Waals surface area contributed by atoms with Gasteiger partial charge in [0.1, 0.15) is 17.3 Å². The third-order valence-electron chi connectivity index (χ3n) is 6.62. The fraction of sp³-hybridized carbons (Fsp3) is 0.565. The highest BCUT2D eigenvalue weighted by Gasteiger charge is 2.40. The maximum atomic E-state index is 13.1. The van der Waals surface area contributed by atoms with Gasteiger partial charge < -0.3 is 10.4 Å². The molecule has 0 radical (unpaired) electrons. The van der Waals surface area contributed by atoms with Gasteiger partial charge in [-0.05, 0) is 58.9 Å². The van der Waals surface area contributed by atoms with E-state index in [9.17, 15) is 23.6 Å². The molecule has 0 spiro atoms. The summed E-state index contributed by atoms with van der Waals surface area (Å²) in [6, 6.07) is 2.91. The number of nitrogens with zero attached hydrogens (tertiary/aromatic N) is 5. The molecule has 0 aromatic carbocycles. The van der Waals surface area contributed by atoms with Crippen molar-refractivity contribution in [2.24, 2.45) is 0 Å². The number of nitriles is 1. The van der Waals surface area contributed by atoms with Crippen LogP contribution in [0, 0.1) is 11.3 Å². The zero-order chi connectivity index (χ0) is 24.7. The van der Waals surface area contributed by atoms with Gasteiger partial charge in [-0.2, -0.15) is 14.6 Å². The number of rotatable bonds is 5. The SMILES string of the molecule is CC(C)=CS(=O)(=O)N1CCC(Nc2ncc3cc(C#N)c(=O)n([C@@H]4CCC[C@@]4(C)O)c3n2)CC1. The van der Waals surface area contributed by atoms with E-state index in [1.807, 2.05) is 6.07 Å². The van der Waals surface area contributed by atoms with Crippen LogP contribution in [0.3, 0.4) is 0 Å². The van der Waals surface area contributed by atoms with Crippen LogP contribution in [0.1, 0.15) is 64.5 Å². The highest BCUT2D eigenvalue weighted by atomic mass is 32.2. The van der Waals surface area contributed by atoms with E-state index in [0.29, 0.717) is 55.8 Å². The predicted molar refractivity (Wildman–Crippen MR) is 129 cm³/mol. The van der Waals surface area contributed by atoms with Crippen LogP contribution in [-0.2, 0) is 10.0 Å². The largest absolute Gasteiger partial charge is 0.388 e. The van der Waals surface area contributed by atoms with E-state index in [-0.39, 0.29) is 11.6 Å². The molecule has 1 saturated carbocycles.